The monoisotopic (exact) mass is 221 g/mol. The van der Waals surface area contributed by atoms with Gasteiger partial charge in [0, 0.05) is 12.2 Å². The fraction of sp³-hybridized carbons (Fsp3) is 0.583. The Labute approximate surface area is 96.5 Å². The first kappa shape index (κ1) is 12.6. The standard InChI is InChI=1S/C12H19N3O/c1-5-6-8(2)14-12(16)11-7-13-10(4)15-9(11)3/h7-8H,5-6H2,1-4H3,(H,14,16)/t8-/m1/s1. The van der Waals surface area contributed by atoms with E-state index in [1.54, 1.807) is 6.20 Å². The molecule has 0 fully saturated rings. The number of nitrogens with zero attached hydrogens (tertiary/aromatic N) is 2. The molecule has 4 heteroatoms. The number of aryl methyl sites for hydroxylation is 2. The quantitative estimate of drug-likeness (QED) is 0.846. The molecule has 1 amide bonds. The van der Waals surface area contributed by atoms with Gasteiger partial charge in [0.1, 0.15) is 5.82 Å². The summed E-state index contributed by atoms with van der Waals surface area (Å²) in [7, 11) is 0. The Balaban J connectivity index is 2.73. The van der Waals surface area contributed by atoms with Crippen molar-refractivity contribution in [1.29, 1.82) is 0 Å². The Morgan fingerprint density at radius 3 is 2.75 bits per heavy atom. The lowest BCUT2D eigenvalue weighted by atomic mass is 10.1. The maximum atomic E-state index is 11.9. The van der Waals surface area contributed by atoms with Gasteiger partial charge in [-0.3, -0.25) is 4.79 Å². The minimum absolute atomic E-state index is 0.0848. The number of carbonyl (C=O) groups excluding carboxylic acids is 1. The van der Waals surface area contributed by atoms with Crippen molar-refractivity contribution in [2.45, 2.75) is 46.6 Å². The highest BCUT2D eigenvalue weighted by Gasteiger charge is 2.12. The normalized spacial score (nSPS) is 12.2. The third kappa shape index (κ3) is 3.29. The summed E-state index contributed by atoms with van der Waals surface area (Å²) in [6, 6.07) is 0.193. The topological polar surface area (TPSA) is 54.9 Å². The van der Waals surface area contributed by atoms with Crippen LogP contribution in [0.3, 0.4) is 0 Å². The number of carbonyl (C=O) groups is 1. The molecular weight excluding hydrogens is 202 g/mol. The van der Waals surface area contributed by atoms with Crippen molar-refractivity contribution >= 4 is 5.91 Å². The van der Waals surface area contributed by atoms with Gasteiger partial charge in [0.25, 0.3) is 5.91 Å². The molecule has 0 radical (unpaired) electrons. The Bertz CT molecular complexity index is 377. The first-order valence-corrected chi connectivity index (χ1v) is 5.65. The van der Waals surface area contributed by atoms with Crippen molar-refractivity contribution in [2.75, 3.05) is 0 Å². The van der Waals surface area contributed by atoms with E-state index < -0.39 is 0 Å². The molecule has 1 heterocycles. The molecular formula is C12H19N3O. The van der Waals surface area contributed by atoms with Crippen molar-refractivity contribution in [3.05, 3.63) is 23.3 Å². The van der Waals surface area contributed by atoms with Crippen LogP contribution in [-0.2, 0) is 0 Å². The molecule has 0 saturated heterocycles. The summed E-state index contributed by atoms with van der Waals surface area (Å²) in [5, 5.41) is 2.94. The molecule has 1 aromatic heterocycles. The van der Waals surface area contributed by atoms with Gasteiger partial charge in [-0.15, -0.1) is 0 Å². The van der Waals surface area contributed by atoms with Crippen LogP contribution in [0.1, 0.15) is 48.6 Å². The summed E-state index contributed by atoms with van der Waals surface area (Å²) in [6.07, 6.45) is 3.63. The van der Waals surface area contributed by atoms with E-state index in [2.05, 4.69) is 22.2 Å². The SMILES string of the molecule is CCC[C@@H](C)NC(=O)c1cnc(C)nc1C. The van der Waals surface area contributed by atoms with Gasteiger partial charge in [0.2, 0.25) is 0 Å². The lowest BCUT2D eigenvalue weighted by Crippen LogP contribution is -2.33. The van der Waals surface area contributed by atoms with Crippen LogP contribution in [0, 0.1) is 13.8 Å². The van der Waals surface area contributed by atoms with Crippen molar-refractivity contribution in [1.82, 2.24) is 15.3 Å². The van der Waals surface area contributed by atoms with Crippen molar-refractivity contribution in [3.63, 3.8) is 0 Å². The molecule has 4 nitrogen and oxygen atoms in total. The van der Waals surface area contributed by atoms with Gasteiger partial charge >= 0.3 is 0 Å². The van der Waals surface area contributed by atoms with Crippen molar-refractivity contribution < 1.29 is 4.79 Å². The minimum Gasteiger partial charge on any atom is -0.349 e. The number of rotatable bonds is 4. The van der Waals surface area contributed by atoms with E-state index in [9.17, 15) is 4.79 Å². The van der Waals surface area contributed by atoms with Gasteiger partial charge < -0.3 is 5.32 Å². The van der Waals surface area contributed by atoms with Gasteiger partial charge in [-0.2, -0.15) is 0 Å². The Morgan fingerprint density at radius 2 is 2.19 bits per heavy atom. The average molecular weight is 221 g/mol. The van der Waals surface area contributed by atoms with E-state index in [0.29, 0.717) is 11.4 Å². The fourth-order valence-corrected chi connectivity index (χ4v) is 1.61. The molecule has 0 saturated carbocycles. The first-order chi connectivity index (χ1) is 7.54. The Hall–Kier alpha value is -1.45. The van der Waals surface area contributed by atoms with E-state index in [0.717, 1.165) is 18.5 Å². The number of hydrogen-bond donors (Lipinski definition) is 1. The molecule has 0 aliphatic heterocycles. The molecule has 0 aromatic carbocycles. The van der Waals surface area contributed by atoms with Gasteiger partial charge in [-0.1, -0.05) is 13.3 Å². The highest BCUT2D eigenvalue weighted by molar-refractivity contribution is 5.95. The van der Waals surface area contributed by atoms with Crippen LogP contribution in [-0.4, -0.2) is 21.9 Å². The molecule has 0 aliphatic carbocycles. The van der Waals surface area contributed by atoms with E-state index in [-0.39, 0.29) is 11.9 Å². The van der Waals surface area contributed by atoms with Gasteiger partial charge in [-0.05, 0) is 27.2 Å². The zero-order valence-corrected chi connectivity index (χ0v) is 10.4. The molecule has 16 heavy (non-hydrogen) atoms. The van der Waals surface area contributed by atoms with Crippen LogP contribution in [0.2, 0.25) is 0 Å². The molecule has 1 aromatic rings. The van der Waals surface area contributed by atoms with Gasteiger partial charge in [-0.25, -0.2) is 9.97 Å². The highest BCUT2D eigenvalue weighted by atomic mass is 16.1. The van der Waals surface area contributed by atoms with E-state index in [1.807, 2.05) is 20.8 Å². The highest BCUT2D eigenvalue weighted by Crippen LogP contribution is 2.05. The number of hydrogen-bond acceptors (Lipinski definition) is 3. The van der Waals surface area contributed by atoms with E-state index in [1.165, 1.54) is 0 Å². The summed E-state index contributed by atoms with van der Waals surface area (Å²) < 4.78 is 0. The lowest BCUT2D eigenvalue weighted by molar-refractivity contribution is 0.0937. The zero-order valence-electron chi connectivity index (χ0n) is 10.4. The van der Waals surface area contributed by atoms with Crippen LogP contribution in [0.25, 0.3) is 0 Å². The van der Waals surface area contributed by atoms with Crippen molar-refractivity contribution in [2.24, 2.45) is 0 Å². The molecule has 0 spiro atoms. The molecule has 1 rings (SSSR count). The average Bonchev–Trinajstić information content (AvgIpc) is 2.17. The van der Waals surface area contributed by atoms with Crippen LogP contribution in [0.15, 0.2) is 6.20 Å². The van der Waals surface area contributed by atoms with Crippen molar-refractivity contribution in [3.8, 4) is 0 Å². The Kier molecular flexibility index (Phi) is 4.40. The predicted molar refractivity (Wildman–Crippen MR) is 63.3 cm³/mol. The third-order valence-electron chi connectivity index (χ3n) is 2.44. The van der Waals surface area contributed by atoms with Crippen LogP contribution < -0.4 is 5.32 Å². The second kappa shape index (κ2) is 5.58. The third-order valence-corrected chi connectivity index (χ3v) is 2.44. The fourth-order valence-electron chi connectivity index (χ4n) is 1.61. The van der Waals surface area contributed by atoms with E-state index in [4.69, 9.17) is 0 Å². The summed E-state index contributed by atoms with van der Waals surface area (Å²) >= 11 is 0. The largest absolute Gasteiger partial charge is 0.349 e. The first-order valence-electron chi connectivity index (χ1n) is 5.65. The molecule has 88 valence electrons. The molecule has 0 bridgehead atoms. The molecule has 0 aliphatic rings. The maximum absolute atomic E-state index is 11.9. The summed E-state index contributed by atoms with van der Waals surface area (Å²) in [6.45, 7) is 7.75. The van der Waals surface area contributed by atoms with Gasteiger partial charge in [0.15, 0.2) is 0 Å². The van der Waals surface area contributed by atoms with Gasteiger partial charge in [0.05, 0.1) is 11.3 Å². The Morgan fingerprint density at radius 1 is 1.50 bits per heavy atom. The number of amides is 1. The maximum Gasteiger partial charge on any atom is 0.254 e. The molecule has 1 atom stereocenters. The zero-order chi connectivity index (χ0) is 12.1. The smallest absolute Gasteiger partial charge is 0.254 e. The summed E-state index contributed by atoms with van der Waals surface area (Å²) in [4.78, 5) is 20.1. The number of aromatic nitrogens is 2. The van der Waals surface area contributed by atoms with Crippen LogP contribution >= 0.6 is 0 Å². The number of nitrogens with one attached hydrogen (secondary N) is 1. The summed E-state index contributed by atoms with van der Waals surface area (Å²) in [5.41, 5.74) is 1.29. The second-order valence-electron chi connectivity index (χ2n) is 4.08. The summed E-state index contributed by atoms with van der Waals surface area (Å²) in [5.74, 6) is 0.606. The molecule has 1 N–H and O–H groups in total. The van der Waals surface area contributed by atoms with E-state index >= 15 is 0 Å². The lowest BCUT2D eigenvalue weighted by Gasteiger charge is -2.13. The van der Waals surface area contributed by atoms with Crippen LogP contribution in [0.5, 0.6) is 0 Å². The molecule has 0 unspecified atom stereocenters. The minimum atomic E-state index is -0.0848. The second-order valence-corrected chi connectivity index (χ2v) is 4.08. The van der Waals surface area contributed by atoms with Crippen LogP contribution in [0.4, 0.5) is 0 Å². The predicted octanol–water partition coefficient (Wildman–Crippen LogP) is 2.01.